The van der Waals surface area contributed by atoms with Gasteiger partial charge >= 0.3 is 0 Å². The van der Waals surface area contributed by atoms with E-state index in [1.54, 1.807) is 32.9 Å². The first-order valence-electron chi connectivity index (χ1n) is 15.9. The summed E-state index contributed by atoms with van der Waals surface area (Å²) in [5.41, 5.74) is 1.69. The summed E-state index contributed by atoms with van der Waals surface area (Å²) in [4.78, 5) is 7.63. The Bertz CT molecular complexity index is 1680. The average molecular weight is 644 g/mol. The summed E-state index contributed by atoms with van der Waals surface area (Å²) >= 11 is 0. The topological polar surface area (TPSA) is 95.3 Å². The Morgan fingerprint density at radius 2 is 1.14 bits per heavy atom. The normalized spacial score (nSPS) is 24.4. The van der Waals surface area contributed by atoms with Crippen molar-refractivity contribution >= 4 is 41.9 Å². The van der Waals surface area contributed by atoms with E-state index in [-0.39, 0.29) is 9.79 Å². The van der Waals surface area contributed by atoms with Gasteiger partial charge in [-0.1, -0.05) is 27.7 Å². The molecule has 9 nitrogen and oxygen atoms in total. The summed E-state index contributed by atoms with van der Waals surface area (Å²) < 4.78 is 61.0. The molecule has 5 rings (SSSR count). The summed E-state index contributed by atoms with van der Waals surface area (Å²) in [6.45, 7) is 11.8. The monoisotopic (exact) mass is 643 g/mol. The van der Waals surface area contributed by atoms with Crippen LogP contribution in [0.1, 0.15) is 47.0 Å². The molecule has 2 aliphatic rings. The molecule has 2 saturated heterocycles. The maximum atomic E-state index is 13.9. The number of sulfonamides is 2. The quantitative estimate of drug-likeness (QED) is 0.266. The van der Waals surface area contributed by atoms with Crippen LogP contribution >= 0.6 is 0 Å². The number of rotatable bonds is 8. The van der Waals surface area contributed by atoms with Gasteiger partial charge in [0.1, 0.15) is 0 Å². The number of nitrogens with zero attached hydrogens (tertiary/aromatic N) is 5. The molecule has 3 heterocycles. The summed E-state index contributed by atoms with van der Waals surface area (Å²) in [6, 6.07) is 10.6. The average Bonchev–Trinajstić information content (AvgIpc) is 2.95. The number of aryl methyl sites for hydroxylation is 1. The Morgan fingerprint density at radius 1 is 0.727 bits per heavy atom. The molecule has 0 amide bonds. The number of hydrogen-bond acceptors (Lipinski definition) is 6. The van der Waals surface area contributed by atoms with E-state index in [4.69, 9.17) is 4.99 Å². The molecular formula is C33H49N5O4S2. The second-order valence-corrected chi connectivity index (χ2v) is 17.7. The molecule has 0 saturated carbocycles. The molecule has 0 aliphatic carbocycles. The zero-order valence-electron chi connectivity index (χ0n) is 27.3. The van der Waals surface area contributed by atoms with Crippen LogP contribution in [-0.2, 0) is 27.1 Å². The summed E-state index contributed by atoms with van der Waals surface area (Å²) in [5.74, 6) is 1.18. The predicted octanol–water partition coefficient (Wildman–Crippen LogP) is 4.52. The van der Waals surface area contributed by atoms with Gasteiger partial charge < -0.3 is 9.47 Å². The summed E-state index contributed by atoms with van der Waals surface area (Å²) in [5, 5.41) is 2.05. The van der Waals surface area contributed by atoms with Crippen molar-refractivity contribution in [3.8, 4) is 0 Å². The van der Waals surface area contributed by atoms with E-state index >= 15 is 0 Å². The lowest BCUT2D eigenvalue weighted by Gasteiger charge is -2.34. The molecule has 0 N–H and O–H groups in total. The lowest BCUT2D eigenvalue weighted by molar-refractivity contribution is 0.222. The third-order valence-electron chi connectivity index (χ3n) is 9.15. The minimum Gasteiger partial charge on any atom is -0.344 e. The molecule has 0 spiro atoms. The molecule has 11 heteroatoms. The van der Waals surface area contributed by atoms with Crippen LogP contribution in [0.3, 0.4) is 0 Å². The number of benzene rings is 2. The summed E-state index contributed by atoms with van der Waals surface area (Å²) in [7, 11) is -1.47. The zero-order chi connectivity index (χ0) is 32.0. The Morgan fingerprint density at radius 3 is 1.52 bits per heavy atom. The number of pyridine rings is 1. The fraction of sp³-hybridized carbons (Fsp3) is 0.606. The van der Waals surface area contributed by atoms with Crippen molar-refractivity contribution in [3.05, 3.63) is 41.8 Å². The van der Waals surface area contributed by atoms with Crippen molar-refractivity contribution in [2.75, 3.05) is 53.4 Å². The number of fused-ring (bicyclic) bond motifs is 2. The lowest BCUT2D eigenvalue weighted by atomic mass is 9.94. The molecule has 2 fully saturated rings. The molecule has 4 atom stereocenters. The van der Waals surface area contributed by atoms with Crippen LogP contribution in [0.4, 0.5) is 0 Å². The van der Waals surface area contributed by atoms with Crippen molar-refractivity contribution in [2.24, 2.45) is 35.7 Å². The van der Waals surface area contributed by atoms with E-state index in [1.165, 1.54) is 0 Å². The summed E-state index contributed by atoms with van der Waals surface area (Å²) in [6.07, 6.45) is 2.85. The van der Waals surface area contributed by atoms with E-state index in [0.717, 1.165) is 36.8 Å². The van der Waals surface area contributed by atoms with Crippen LogP contribution in [0.5, 0.6) is 0 Å². The van der Waals surface area contributed by atoms with E-state index in [0.29, 0.717) is 72.5 Å². The second kappa shape index (κ2) is 12.8. The van der Waals surface area contributed by atoms with Gasteiger partial charge in [-0.3, -0.25) is 4.99 Å². The van der Waals surface area contributed by atoms with Crippen molar-refractivity contribution < 1.29 is 16.8 Å². The van der Waals surface area contributed by atoms with Crippen molar-refractivity contribution in [1.29, 1.82) is 0 Å². The predicted molar refractivity (Wildman–Crippen MR) is 177 cm³/mol. The van der Waals surface area contributed by atoms with Gasteiger partial charge in [-0.2, -0.15) is 8.61 Å². The van der Waals surface area contributed by atoms with Crippen LogP contribution in [-0.4, -0.2) is 88.3 Å². The smallest absolute Gasteiger partial charge is 0.243 e. The Kier molecular flexibility index (Phi) is 9.64. The lowest BCUT2D eigenvalue weighted by Crippen LogP contribution is -2.42. The fourth-order valence-electron chi connectivity index (χ4n) is 7.24. The highest BCUT2D eigenvalue weighted by molar-refractivity contribution is 7.89. The minimum atomic E-state index is -3.72. The molecule has 4 unspecified atom stereocenters. The standard InChI is InChI=1S/C33H49N5O4S2/c1-23-15-24(2)20-37(19-23)43(39,40)27-9-11-31-29(17-27)33(34-13-8-14-35(5)6)30-18-28(10-12-32(30)36(31)7)44(41,42)38-21-25(3)16-26(4)22-38/h9-12,17-18,23-26H,8,13-16,19-22H2,1-7H3. The minimum absolute atomic E-state index is 0.246. The van der Waals surface area contributed by atoms with Crippen LogP contribution in [0, 0.1) is 23.7 Å². The number of hydrogen-bond donors (Lipinski definition) is 0. The van der Waals surface area contributed by atoms with Gasteiger partial charge in [-0.25, -0.2) is 16.8 Å². The number of aromatic nitrogens is 1. The van der Waals surface area contributed by atoms with E-state index < -0.39 is 20.0 Å². The highest BCUT2D eigenvalue weighted by Crippen LogP contribution is 2.31. The Labute approximate surface area is 263 Å². The number of piperidine rings is 2. The fourth-order valence-corrected chi connectivity index (χ4v) is 10.7. The van der Waals surface area contributed by atoms with Crippen molar-refractivity contribution in [1.82, 2.24) is 18.1 Å². The van der Waals surface area contributed by atoms with Gasteiger partial charge in [0.15, 0.2) is 0 Å². The maximum absolute atomic E-state index is 13.9. The van der Waals surface area contributed by atoms with E-state index in [2.05, 4.69) is 32.6 Å². The van der Waals surface area contributed by atoms with Crippen LogP contribution in [0.15, 0.2) is 51.2 Å². The molecule has 0 radical (unpaired) electrons. The first-order valence-corrected chi connectivity index (χ1v) is 18.8. The van der Waals surface area contributed by atoms with Gasteiger partial charge in [0.05, 0.1) is 26.2 Å². The largest absolute Gasteiger partial charge is 0.344 e. The highest BCUT2D eigenvalue weighted by atomic mass is 32.2. The molecule has 2 aliphatic heterocycles. The highest BCUT2D eigenvalue weighted by Gasteiger charge is 2.33. The van der Waals surface area contributed by atoms with Crippen molar-refractivity contribution in [2.45, 2.75) is 56.7 Å². The van der Waals surface area contributed by atoms with Gasteiger partial charge in [0, 0.05) is 50.5 Å². The first-order chi connectivity index (χ1) is 20.7. The third-order valence-corrected chi connectivity index (χ3v) is 12.8. The van der Waals surface area contributed by atoms with Gasteiger partial charge in [0.2, 0.25) is 20.0 Å². The third kappa shape index (κ3) is 6.63. The van der Waals surface area contributed by atoms with Gasteiger partial charge in [0.25, 0.3) is 0 Å². The van der Waals surface area contributed by atoms with Gasteiger partial charge in [-0.05, 0) is 100.0 Å². The zero-order valence-corrected chi connectivity index (χ0v) is 29.0. The molecule has 44 heavy (non-hydrogen) atoms. The van der Waals surface area contributed by atoms with Crippen LogP contribution < -0.4 is 5.36 Å². The molecule has 2 aromatic carbocycles. The Balaban J connectivity index is 1.70. The molecule has 3 aromatic rings. The van der Waals surface area contributed by atoms with Crippen molar-refractivity contribution in [3.63, 3.8) is 0 Å². The first kappa shape index (κ1) is 33.1. The second-order valence-electron chi connectivity index (χ2n) is 13.8. The van der Waals surface area contributed by atoms with Crippen LogP contribution in [0.2, 0.25) is 0 Å². The molecule has 242 valence electrons. The maximum Gasteiger partial charge on any atom is 0.243 e. The molecular weight excluding hydrogens is 595 g/mol. The Hall–Kier alpha value is -2.31. The molecule has 0 bridgehead atoms. The van der Waals surface area contributed by atoms with E-state index in [1.807, 2.05) is 37.8 Å². The molecule has 1 aromatic heterocycles. The van der Waals surface area contributed by atoms with E-state index in [9.17, 15) is 16.8 Å². The van der Waals surface area contributed by atoms with Crippen LogP contribution in [0.25, 0.3) is 21.8 Å². The SMILES string of the molecule is CC1CC(C)CN(S(=O)(=O)c2ccc3c(c2)c(=NCCCN(C)C)c2cc(S(=O)(=O)N4CC(C)CC(C)C4)ccc2n3C)C1. The van der Waals surface area contributed by atoms with Gasteiger partial charge in [-0.15, -0.1) is 0 Å².